The second-order valence-corrected chi connectivity index (χ2v) is 15.2. The lowest BCUT2D eigenvalue weighted by Gasteiger charge is -2.32. The fourth-order valence-corrected chi connectivity index (χ4v) is 5.24. The second kappa shape index (κ2) is 24.7. The molecular weight excluding hydrogens is 769 g/mol. The average Bonchev–Trinajstić information content (AvgIpc) is 3.21. The molecule has 0 aromatic heterocycles. The molecule has 0 bridgehead atoms. The predicted molar refractivity (Wildman–Crippen MR) is 229 cm³/mol. The van der Waals surface area contributed by atoms with Crippen LogP contribution in [-0.2, 0) is 48.3 Å². The average molecular weight is 829 g/mol. The van der Waals surface area contributed by atoms with Crippen molar-refractivity contribution >= 4 is 29.8 Å². The van der Waals surface area contributed by atoms with Crippen LogP contribution in [0.3, 0.4) is 0 Å². The molecule has 0 aliphatic heterocycles. The normalized spacial score (nSPS) is 12.9. The first-order valence-electron chi connectivity index (χ1n) is 19.6. The molecule has 0 spiro atoms. The van der Waals surface area contributed by atoms with Crippen molar-refractivity contribution in [2.45, 2.75) is 67.7 Å². The Morgan fingerprint density at radius 2 is 0.683 bits per heavy atom. The van der Waals surface area contributed by atoms with Gasteiger partial charge in [0.25, 0.3) is 0 Å². The quantitative estimate of drug-likeness (QED) is 0.0333. The van der Waals surface area contributed by atoms with Crippen molar-refractivity contribution in [2.24, 2.45) is 17.8 Å². The van der Waals surface area contributed by atoms with Gasteiger partial charge < -0.3 is 33.2 Å². The molecule has 324 valence electrons. The van der Waals surface area contributed by atoms with Crippen LogP contribution < -0.4 is 14.2 Å². The van der Waals surface area contributed by atoms with E-state index in [-0.39, 0.29) is 37.6 Å². The van der Waals surface area contributed by atoms with E-state index in [1.807, 2.05) is 57.2 Å². The first-order valence-corrected chi connectivity index (χ1v) is 19.6. The summed E-state index contributed by atoms with van der Waals surface area (Å²) in [7, 11) is 0. The van der Waals surface area contributed by atoms with Gasteiger partial charge in [0.05, 0.1) is 39.6 Å². The van der Waals surface area contributed by atoms with Crippen LogP contribution in [0.15, 0.2) is 109 Å². The molecule has 60 heavy (non-hydrogen) atoms. The maximum absolute atomic E-state index is 11.8. The molecule has 3 rings (SSSR count). The summed E-state index contributed by atoms with van der Waals surface area (Å²) in [4.78, 5) is 54.9. The smallest absolute Gasteiger partial charge is 0.333 e. The van der Waals surface area contributed by atoms with E-state index in [0.29, 0.717) is 53.8 Å². The van der Waals surface area contributed by atoms with Crippen molar-refractivity contribution in [3.63, 3.8) is 0 Å². The molecule has 0 saturated heterocycles. The third-order valence-electron chi connectivity index (χ3n) is 8.73. The maximum Gasteiger partial charge on any atom is 0.333 e. The van der Waals surface area contributed by atoms with Crippen LogP contribution in [-0.4, -0.2) is 69.5 Å². The van der Waals surface area contributed by atoms with E-state index in [9.17, 15) is 24.0 Å². The van der Waals surface area contributed by atoms with E-state index in [2.05, 4.69) is 67.8 Å². The Balaban J connectivity index is 0.00000162. The van der Waals surface area contributed by atoms with Gasteiger partial charge in [0, 0.05) is 53.7 Å². The van der Waals surface area contributed by atoms with Gasteiger partial charge in [-0.2, -0.15) is 0 Å². The maximum atomic E-state index is 11.8. The lowest BCUT2D eigenvalue weighted by Crippen LogP contribution is -2.25. The predicted octanol–water partition coefficient (Wildman–Crippen LogP) is 8.54. The van der Waals surface area contributed by atoms with Gasteiger partial charge >= 0.3 is 29.8 Å². The monoisotopic (exact) mass is 828 g/mol. The number of hydrogen-bond donors (Lipinski definition) is 0. The Hall–Kier alpha value is -6.17. The van der Waals surface area contributed by atoms with Crippen molar-refractivity contribution in [3.05, 3.63) is 126 Å². The zero-order chi connectivity index (χ0) is 45.0. The summed E-state index contributed by atoms with van der Waals surface area (Å²) >= 11 is 0. The molecule has 12 nitrogen and oxygen atoms in total. The van der Waals surface area contributed by atoms with E-state index in [0.717, 1.165) is 16.7 Å². The highest BCUT2D eigenvalue weighted by Crippen LogP contribution is 2.40. The van der Waals surface area contributed by atoms with Gasteiger partial charge in [-0.3, -0.25) is 9.59 Å². The van der Waals surface area contributed by atoms with E-state index < -0.39 is 35.3 Å². The Labute approximate surface area is 354 Å². The number of carbonyl (C=O) groups is 5. The first kappa shape index (κ1) is 50.0. The lowest BCUT2D eigenvalue weighted by molar-refractivity contribution is -0.156. The standard InChI is InChI=1S/C44H54O9.C4H6O3/c1-29(2)41(45)51-26-32(7)23-48-38-17-11-35(12-18-38)44(10,36-13-19-39(20-14-36)49-24-33(8)27-52-42(46)30(3)4)37-15-21-40(22-16-37)50-25-34(9)28-53-43(47)31(5)6;1-3(5)7-4(2)6/h11-22,32-34H,1,3,5,23-28H2,2,4,6-10H3;1-2H3. The number of carbonyl (C=O) groups excluding carboxylic acids is 5. The number of rotatable bonds is 21. The van der Waals surface area contributed by atoms with Crippen molar-refractivity contribution < 1.29 is 57.1 Å². The molecule has 0 N–H and O–H groups in total. The highest BCUT2D eigenvalue weighted by atomic mass is 16.6. The second-order valence-electron chi connectivity index (χ2n) is 15.2. The Morgan fingerprint density at radius 1 is 0.450 bits per heavy atom. The number of benzene rings is 3. The molecule has 0 aliphatic rings. The summed E-state index contributed by atoms with van der Waals surface area (Å²) in [6.07, 6.45) is 0. The van der Waals surface area contributed by atoms with Crippen LogP contribution in [0, 0.1) is 17.8 Å². The largest absolute Gasteiger partial charge is 0.493 e. The number of ether oxygens (including phenoxy) is 7. The van der Waals surface area contributed by atoms with E-state index in [4.69, 9.17) is 28.4 Å². The van der Waals surface area contributed by atoms with Crippen molar-refractivity contribution in [2.75, 3.05) is 39.6 Å². The van der Waals surface area contributed by atoms with Gasteiger partial charge in [0.1, 0.15) is 17.2 Å². The molecular formula is C48H60O12. The minimum atomic E-state index is -0.576. The molecule has 0 saturated carbocycles. The zero-order valence-electron chi connectivity index (χ0n) is 36.4. The summed E-state index contributed by atoms with van der Waals surface area (Å²) in [5.41, 5.74) is 3.63. The molecule has 3 aromatic carbocycles. The molecule has 0 radical (unpaired) electrons. The number of hydrogen-bond acceptors (Lipinski definition) is 12. The molecule has 0 heterocycles. The topological polar surface area (TPSA) is 150 Å². The summed E-state index contributed by atoms with van der Waals surface area (Å²) in [6.45, 7) is 28.0. The van der Waals surface area contributed by atoms with Crippen molar-refractivity contribution in [1.82, 2.24) is 0 Å². The van der Waals surface area contributed by atoms with Crippen LogP contribution in [0.25, 0.3) is 0 Å². The van der Waals surface area contributed by atoms with E-state index in [1.54, 1.807) is 20.8 Å². The summed E-state index contributed by atoms with van der Waals surface area (Å²) in [6, 6.07) is 24.0. The van der Waals surface area contributed by atoms with Gasteiger partial charge in [-0.05, 0) is 80.8 Å². The molecule has 12 heteroatoms. The Kier molecular flexibility index (Phi) is 20.6. The van der Waals surface area contributed by atoms with Crippen LogP contribution in [0.1, 0.15) is 79.0 Å². The minimum Gasteiger partial charge on any atom is -0.493 e. The van der Waals surface area contributed by atoms with Gasteiger partial charge in [-0.1, -0.05) is 76.9 Å². The Bertz CT molecular complexity index is 1710. The molecule has 0 fully saturated rings. The van der Waals surface area contributed by atoms with Gasteiger partial charge in [0.15, 0.2) is 0 Å². The van der Waals surface area contributed by atoms with Crippen LogP contribution in [0.4, 0.5) is 0 Å². The summed E-state index contributed by atoms with van der Waals surface area (Å²) < 4.78 is 37.9. The van der Waals surface area contributed by atoms with Crippen molar-refractivity contribution in [3.8, 4) is 17.2 Å². The number of esters is 5. The Morgan fingerprint density at radius 3 is 0.867 bits per heavy atom. The summed E-state index contributed by atoms with van der Waals surface area (Å²) in [5.74, 6) is -0.269. The SMILES string of the molecule is C=C(C)C(=O)OCC(C)COc1ccc(C(C)(c2ccc(OCC(C)COC(=O)C(=C)C)cc2)c2ccc(OCC(C)COC(=O)C(=C)C)cc2)cc1.CC(=O)OC(C)=O. The molecule has 0 aliphatic carbocycles. The fraction of sp³-hybridized carbons (Fsp3) is 0.396. The highest BCUT2D eigenvalue weighted by molar-refractivity contribution is 5.87. The van der Waals surface area contributed by atoms with Crippen LogP contribution in [0.5, 0.6) is 17.2 Å². The zero-order valence-corrected chi connectivity index (χ0v) is 36.4. The molecule has 3 unspecified atom stereocenters. The van der Waals surface area contributed by atoms with Crippen molar-refractivity contribution in [1.29, 1.82) is 0 Å². The van der Waals surface area contributed by atoms with Gasteiger partial charge in [-0.15, -0.1) is 0 Å². The third-order valence-corrected chi connectivity index (χ3v) is 8.73. The molecule has 3 aromatic rings. The minimum absolute atomic E-state index is 0.00611. The van der Waals surface area contributed by atoms with Gasteiger partial charge in [-0.25, -0.2) is 14.4 Å². The molecule has 3 atom stereocenters. The first-order chi connectivity index (χ1) is 28.2. The van der Waals surface area contributed by atoms with E-state index >= 15 is 0 Å². The highest BCUT2D eigenvalue weighted by Gasteiger charge is 2.31. The lowest BCUT2D eigenvalue weighted by atomic mass is 9.71. The van der Waals surface area contributed by atoms with E-state index in [1.165, 1.54) is 13.8 Å². The molecule has 0 amide bonds. The van der Waals surface area contributed by atoms with Crippen LogP contribution >= 0.6 is 0 Å². The fourth-order valence-electron chi connectivity index (χ4n) is 5.24. The third kappa shape index (κ3) is 17.4. The van der Waals surface area contributed by atoms with Gasteiger partial charge in [0.2, 0.25) is 0 Å². The van der Waals surface area contributed by atoms with Crippen LogP contribution in [0.2, 0.25) is 0 Å². The summed E-state index contributed by atoms with van der Waals surface area (Å²) in [5, 5.41) is 0.